The molecule has 1 saturated heterocycles. The molecule has 2 atom stereocenters. The zero-order valence-corrected chi connectivity index (χ0v) is 16.4. The molecule has 2 aliphatic rings. The molecule has 8 nitrogen and oxygen atoms in total. The number of carbonyl (C=O) groups excluding carboxylic acids is 1. The first kappa shape index (κ1) is 22.8. The van der Waals surface area contributed by atoms with E-state index in [1.54, 1.807) is 6.07 Å². The van der Waals surface area contributed by atoms with Gasteiger partial charge in [0, 0.05) is 18.2 Å². The fourth-order valence-electron chi connectivity index (χ4n) is 3.41. The second kappa shape index (κ2) is 9.31. The van der Waals surface area contributed by atoms with Crippen LogP contribution < -0.4 is 16.8 Å². The number of fused-ring (bicyclic) bond motifs is 1. The average molecular weight is 421 g/mol. The molecule has 29 heavy (non-hydrogen) atoms. The standard InChI is InChI=1S/C19H20FN5OS.2H2O/c20-13-2-1-10-5-12(6-11(10)7-13)17-18(19(22)26)23-8-16(25-17)24-15-9-27-4-3-14(15)21;;/h1-2,6-8,14-15H,3-5,9,21H2,(H2,22,26)(H,24,25);2*1H2/t14-,15+;;/m0../s1. The molecule has 2 aromatic rings. The second-order valence-electron chi connectivity index (χ2n) is 6.78. The maximum atomic E-state index is 13.5. The fourth-order valence-corrected chi connectivity index (χ4v) is 4.60. The van der Waals surface area contributed by atoms with Gasteiger partial charge >= 0.3 is 0 Å². The van der Waals surface area contributed by atoms with Crippen LogP contribution in [0.5, 0.6) is 0 Å². The largest absolute Gasteiger partial charge is 0.412 e. The van der Waals surface area contributed by atoms with Crippen molar-refractivity contribution in [2.24, 2.45) is 11.5 Å². The van der Waals surface area contributed by atoms with E-state index < -0.39 is 5.91 Å². The number of carbonyl (C=O) groups is 1. The summed E-state index contributed by atoms with van der Waals surface area (Å²) in [5.41, 5.74) is 14.8. The Balaban J connectivity index is 0.00000150. The number of primary amides is 1. The van der Waals surface area contributed by atoms with E-state index in [0.29, 0.717) is 17.9 Å². The highest BCUT2D eigenvalue weighted by Crippen LogP contribution is 2.33. The summed E-state index contributed by atoms with van der Waals surface area (Å²) in [4.78, 5) is 20.7. The molecule has 10 heteroatoms. The van der Waals surface area contributed by atoms with E-state index >= 15 is 0 Å². The highest BCUT2D eigenvalue weighted by Gasteiger charge is 2.25. The number of anilines is 1. The molecule has 1 aliphatic carbocycles. The number of nitrogens with two attached hydrogens (primary N) is 2. The van der Waals surface area contributed by atoms with Gasteiger partial charge < -0.3 is 27.7 Å². The number of thioether (sulfide) groups is 1. The van der Waals surface area contributed by atoms with E-state index in [1.807, 2.05) is 17.8 Å². The zero-order valence-electron chi connectivity index (χ0n) is 15.6. The smallest absolute Gasteiger partial charge is 0.269 e. The lowest BCUT2D eigenvalue weighted by molar-refractivity contribution is 0.0995. The highest BCUT2D eigenvalue weighted by molar-refractivity contribution is 7.99. The van der Waals surface area contributed by atoms with E-state index in [2.05, 4.69) is 15.3 Å². The number of allylic oxidation sites excluding steroid dienone is 1. The van der Waals surface area contributed by atoms with E-state index in [1.165, 1.54) is 18.3 Å². The summed E-state index contributed by atoms with van der Waals surface area (Å²) in [5, 5.41) is 3.33. The molecule has 0 bridgehead atoms. The van der Waals surface area contributed by atoms with Crippen molar-refractivity contribution in [3.63, 3.8) is 0 Å². The van der Waals surface area contributed by atoms with Gasteiger partial charge in [0.2, 0.25) is 0 Å². The molecule has 1 fully saturated rings. The summed E-state index contributed by atoms with van der Waals surface area (Å²) in [7, 11) is 0. The van der Waals surface area contributed by atoms with Crippen molar-refractivity contribution >= 4 is 35.1 Å². The van der Waals surface area contributed by atoms with Crippen LogP contribution in [0.4, 0.5) is 10.2 Å². The molecule has 1 amide bonds. The zero-order chi connectivity index (χ0) is 19.0. The van der Waals surface area contributed by atoms with Crippen LogP contribution >= 0.6 is 11.8 Å². The van der Waals surface area contributed by atoms with Crippen LogP contribution in [0.15, 0.2) is 24.4 Å². The second-order valence-corrected chi connectivity index (χ2v) is 7.93. The Bertz CT molecular complexity index is 940. The minimum atomic E-state index is -0.642. The van der Waals surface area contributed by atoms with Crippen molar-refractivity contribution in [3.05, 3.63) is 52.7 Å². The van der Waals surface area contributed by atoms with Crippen molar-refractivity contribution in [3.8, 4) is 0 Å². The van der Waals surface area contributed by atoms with Crippen molar-refractivity contribution in [2.45, 2.75) is 24.9 Å². The van der Waals surface area contributed by atoms with Crippen LogP contribution in [0.1, 0.15) is 33.7 Å². The minimum absolute atomic E-state index is 0. The van der Waals surface area contributed by atoms with Crippen molar-refractivity contribution in [1.82, 2.24) is 9.97 Å². The maximum Gasteiger partial charge on any atom is 0.269 e. The number of rotatable bonds is 4. The van der Waals surface area contributed by atoms with Crippen LogP contribution in [0, 0.1) is 5.82 Å². The molecule has 0 saturated carbocycles. The number of halogens is 1. The quantitative estimate of drug-likeness (QED) is 0.645. The summed E-state index contributed by atoms with van der Waals surface area (Å²) in [5.74, 6) is 1.56. The molecule has 1 aliphatic heterocycles. The first-order chi connectivity index (χ1) is 13.0. The van der Waals surface area contributed by atoms with Gasteiger partial charge in [-0.25, -0.2) is 14.4 Å². The molecule has 1 aromatic carbocycles. The monoisotopic (exact) mass is 421 g/mol. The summed E-state index contributed by atoms with van der Waals surface area (Å²) in [6.07, 6.45) is 4.83. The molecule has 0 spiro atoms. The van der Waals surface area contributed by atoms with Gasteiger partial charge in [-0.2, -0.15) is 11.8 Å². The van der Waals surface area contributed by atoms with Gasteiger partial charge in [0.1, 0.15) is 17.3 Å². The Hall–Kier alpha value is -2.53. The molecule has 0 radical (unpaired) electrons. The van der Waals surface area contributed by atoms with Crippen molar-refractivity contribution in [2.75, 3.05) is 16.8 Å². The van der Waals surface area contributed by atoms with Crippen LogP contribution in [0.2, 0.25) is 0 Å². The summed E-state index contributed by atoms with van der Waals surface area (Å²) in [6, 6.07) is 4.78. The van der Waals surface area contributed by atoms with Gasteiger partial charge in [-0.05, 0) is 47.1 Å². The van der Waals surface area contributed by atoms with Crippen LogP contribution in [0.3, 0.4) is 0 Å². The Morgan fingerprint density at radius 1 is 1.31 bits per heavy atom. The summed E-state index contributed by atoms with van der Waals surface area (Å²) in [6.45, 7) is 0. The molecular formula is C19H24FN5O3S. The van der Waals surface area contributed by atoms with Crippen molar-refractivity contribution in [1.29, 1.82) is 0 Å². The molecule has 1 aromatic heterocycles. The van der Waals surface area contributed by atoms with Gasteiger partial charge in [-0.1, -0.05) is 6.07 Å². The fraction of sp³-hybridized carbons (Fsp3) is 0.316. The SMILES string of the molecule is NC(=O)c1ncc(N[C@@H]2CSCC[C@@H]2N)nc1C1=Cc2cc(F)ccc2C1.O.O. The third kappa shape index (κ3) is 4.73. The third-order valence-electron chi connectivity index (χ3n) is 4.87. The van der Waals surface area contributed by atoms with E-state index in [-0.39, 0.29) is 34.5 Å². The number of nitrogens with one attached hydrogen (secondary N) is 1. The number of hydrogen-bond donors (Lipinski definition) is 3. The average Bonchev–Trinajstić information content (AvgIpc) is 3.06. The summed E-state index contributed by atoms with van der Waals surface area (Å²) >= 11 is 1.84. The van der Waals surface area contributed by atoms with E-state index in [9.17, 15) is 9.18 Å². The highest BCUT2D eigenvalue weighted by atomic mass is 32.2. The molecule has 9 N–H and O–H groups in total. The van der Waals surface area contributed by atoms with Gasteiger partial charge in [-0.15, -0.1) is 0 Å². The lowest BCUT2D eigenvalue weighted by Gasteiger charge is -2.29. The van der Waals surface area contributed by atoms with Crippen molar-refractivity contribution < 1.29 is 20.1 Å². The lowest BCUT2D eigenvalue weighted by atomic mass is 10.1. The van der Waals surface area contributed by atoms with Crippen LogP contribution in [-0.2, 0) is 6.42 Å². The Morgan fingerprint density at radius 2 is 2.10 bits per heavy atom. The van der Waals surface area contributed by atoms with Gasteiger partial charge in [0.15, 0.2) is 5.69 Å². The Kier molecular flexibility index (Phi) is 7.31. The number of aromatic nitrogens is 2. The first-order valence-electron chi connectivity index (χ1n) is 8.77. The first-order valence-corrected chi connectivity index (χ1v) is 9.93. The predicted molar refractivity (Wildman–Crippen MR) is 113 cm³/mol. The van der Waals surface area contributed by atoms with Gasteiger partial charge in [0.05, 0.1) is 12.2 Å². The number of benzene rings is 1. The Morgan fingerprint density at radius 3 is 2.83 bits per heavy atom. The number of amides is 1. The normalized spacial score (nSPS) is 20.0. The number of nitrogens with zero attached hydrogens (tertiary/aromatic N) is 2. The Labute approximate surface area is 171 Å². The van der Waals surface area contributed by atoms with E-state index in [0.717, 1.165) is 34.6 Å². The van der Waals surface area contributed by atoms with Gasteiger partial charge in [-0.3, -0.25) is 4.79 Å². The minimum Gasteiger partial charge on any atom is -0.412 e. The molecular weight excluding hydrogens is 397 g/mol. The lowest BCUT2D eigenvalue weighted by Crippen LogP contribution is -2.45. The maximum absolute atomic E-state index is 13.5. The topological polar surface area (TPSA) is 170 Å². The van der Waals surface area contributed by atoms with Gasteiger partial charge in [0.25, 0.3) is 5.91 Å². The third-order valence-corrected chi connectivity index (χ3v) is 5.99. The molecule has 4 rings (SSSR count). The van der Waals surface area contributed by atoms with E-state index in [4.69, 9.17) is 11.5 Å². The predicted octanol–water partition coefficient (Wildman–Crippen LogP) is 0.407. The van der Waals surface area contributed by atoms with Crippen LogP contribution in [-0.4, -0.2) is 50.4 Å². The molecule has 0 unspecified atom stereocenters. The molecule has 2 heterocycles. The number of hydrogen-bond acceptors (Lipinski definition) is 6. The van der Waals surface area contributed by atoms with Crippen LogP contribution in [0.25, 0.3) is 11.6 Å². The molecule has 156 valence electrons. The summed E-state index contributed by atoms with van der Waals surface area (Å²) < 4.78 is 13.5.